The number of aromatic nitrogens is 16. The van der Waals surface area contributed by atoms with Crippen LogP contribution < -0.4 is 18.9 Å². The van der Waals surface area contributed by atoms with Crippen molar-refractivity contribution in [1.82, 2.24) is 83.9 Å². The number of methoxy groups -OCH3 is 4. The summed E-state index contributed by atoms with van der Waals surface area (Å²) in [5, 5.41) is 19.7. The van der Waals surface area contributed by atoms with Crippen molar-refractivity contribution in [1.29, 1.82) is 0 Å². The number of rotatable bonds is 17. The van der Waals surface area contributed by atoms with Gasteiger partial charge in [0, 0.05) is 16.7 Å². The molecule has 0 bridgehead atoms. The van der Waals surface area contributed by atoms with E-state index >= 15 is 0 Å². The van der Waals surface area contributed by atoms with E-state index in [9.17, 15) is 0 Å². The maximum atomic E-state index is 6.34. The van der Waals surface area contributed by atoms with Crippen molar-refractivity contribution in [2.24, 2.45) is 5.92 Å². The molecule has 2 unspecified atom stereocenters. The van der Waals surface area contributed by atoms with Crippen molar-refractivity contribution in [3.05, 3.63) is 199 Å². The van der Waals surface area contributed by atoms with Gasteiger partial charge in [-0.3, -0.25) is 18.7 Å². The van der Waals surface area contributed by atoms with E-state index in [0.29, 0.717) is 105 Å². The molecule has 4 aromatic carbocycles. The molecular weight excluding hydrogens is 1290 g/mol. The number of hydrogen-bond donors (Lipinski definition) is 0. The SMILES string of the molecule is COc1ccc(Cn2cc3nc(-c4ccc(C)s4)nc(Cl)c3n2)cc1.COc1ccc(Cn2cc3nc(C4CC4C)nc(Cl)c3n2)cc1.COc1ccc(Cn2cc3nc(C4CCC4)nc(Cl)c3n2)cc1.COc1ccc(Cn2cc3nc(CN(C)C)nc(Cl)c3n2)cc1. The topological polar surface area (TPSA) is 215 Å². The minimum absolute atomic E-state index is 0.375. The molecule has 482 valence electrons. The Hall–Kier alpha value is -8.90. The van der Waals surface area contributed by atoms with E-state index in [1.165, 1.54) is 11.3 Å². The molecule has 0 saturated heterocycles. The Morgan fingerprint density at radius 1 is 0.457 bits per heavy atom. The Kier molecular flexibility index (Phi) is 20.2. The van der Waals surface area contributed by atoms with Crippen molar-refractivity contribution in [3.8, 4) is 33.7 Å². The number of aryl methyl sites for hydroxylation is 1. The Morgan fingerprint density at radius 2 is 0.819 bits per heavy atom. The lowest BCUT2D eigenvalue weighted by molar-refractivity contribution is 0.391. The van der Waals surface area contributed by atoms with Crippen LogP contribution >= 0.6 is 57.7 Å². The van der Waals surface area contributed by atoms with Crippen LogP contribution in [0.3, 0.4) is 0 Å². The summed E-state index contributed by atoms with van der Waals surface area (Å²) >= 11 is 26.8. The standard InChI is InChI=1S/C18H15ClN4OS.2C17H17ClN4O.C16H18ClN5O/c1-11-3-8-15(25-11)18-20-14-10-23(22-16(14)17(19)21-18)9-12-4-6-13(24-2)7-5-12;1-10-7-13(10)17-19-14-9-22(21-15(14)16(18)20-17)8-11-3-5-12(23-2)6-4-11;1-23-13-7-5-11(6-8-13)9-22-10-14-15(21-22)16(18)20-17(19-14)12-3-2-4-12;1-21(2)10-14-18-13-9-22(20-15(13)16(17)19-14)8-11-4-6-12(23-3)7-5-11/h3-8,10H,9H2,1-2H3;3-6,9-10,13H,7-8H2,1-2H3;5-8,10,12H,2-4,9H2,1H3;4-7,9H,8,10H2,1-3H3. The first kappa shape index (κ1) is 65.2. The van der Waals surface area contributed by atoms with Crippen molar-refractivity contribution in [3.63, 3.8) is 0 Å². The quantitative estimate of drug-likeness (QED) is 0.0775. The minimum Gasteiger partial charge on any atom is -0.497 e. The van der Waals surface area contributed by atoms with Crippen LogP contribution in [0.5, 0.6) is 23.0 Å². The minimum atomic E-state index is 0.375. The monoisotopic (exact) mass is 1360 g/mol. The van der Waals surface area contributed by atoms with Gasteiger partial charge in [-0.1, -0.05) is 108 Å². The highest BCUT2D eigenvalue weighted by Crippen LogP contribution is 2.46. The predicted molar refractivity (Wildman–Crippen MR) is 368 cm³/mol. The van der Waals surface area contributed by atoms with Gasteiger partial charge in [-0.15, -0.1) is 11.3 Å². The Morgan fingerprint density at radius 3 is 1.17 bits per heavy atom. The zero-order chi connectivity index (χ0) is 65.6. The Bertz CT molecular complexity index is 4610. The Labute approximate surface area is 566 Å². The molecule has 2 atom stereocenters. The first-order valence-corrected chi connectivity index (χ1v) is 32.7. The van der Waals surface area contributed by atoms with E-state index in [2.05, 4.69) is 80.2 Å². The Balaban J connectivity index is 0.000000120. The number of hydrogen-bond acceptors (Lipinski definition) is 18. The average molecular weight is 1360 g/mol. The number of benzene rings is 4. The average Bonchev–Trinajstić information content (AvgIpc) is 1.66. The zero-order valence-electron chi connectivity index (χ0n) is 53.0. The summed E-state index contributed by atoms with van der Waals surface area (Å²) in [6, 6.07) is 35.7. The highest BCUT2D eigenvalue weighted by molar-refractivity contribution is 7.15. The van der Waals surface area contributed by atoms with E-state index in [1.54, 1.807) is 39.8 Å². The second-order valence-corrected chi connectivity index (χ2v) is 26.0. The summed E-state index contributed by atoms with van der Waals surface area (Å²) in [5.74, 6) is 7.95. The number of nitrogens with zero attached hydrogens (tertiary/aromatic N) is 17. The summed E-state index contributed by atoms with van der Waals surface area (Å²) < 4.78 is 28.1. The summed E-state index contributed by atoms with van der Waals surface area (Å²) in [4.78, 5) is 40.2. The molecule has 13 aromatic rings. The van der Waals surface area contributed by atoms with Crippen molar-refractivity contribution >= 4 is 102 Å². The largest absolute Gasteiger partial charge is 0.497 e. The molecule has 2 aliphatic rings. The highest BCUT2D eigenvalue weighted by Gasteiger charge is 2.37. The van der Waals surface area contributed by atoms with Crippen LogP contribution in [0.25, 0.3) is 54.8 Å². The van der Waals surface area contributed by atoms with Gasteiger partial charge in [0.05, 0.1) is 90.8 Å². The molecule has 94 heavy (non-hydrogen) atoms. The lowest BCUT2D eigenvalue weighted by Gasteiger charge is -2.23. The molecule has 0 radical (unpaired) electrons. The first-order chi connectivity index (χ1) is 45.5. The lowest BCUT2D eigenvalue weighted by atomic mass is 9.85. The van der Waals surface area contributed by atoms with Crippen LogP contribution in [0, 0.1) is 12.8 Å². The zero-order valence-corrected chi connectivity index (χ0v) is 56.8. The van der Waals surface area contributed by atoms with E-state index in [4.69, 9.17) is 65.4 Å². The molecule has 0 N–H and O–H groups in total. The fourth-order valence-electron chi connectivity index (χ4n) is 10.5. The smallest absolute Gasteiger partial charge is 0.171 e. The fraction of sp³-hybridized carbons (Fsp3) is 0.294. The molecule has 2 aliphatic carbocycles. The van der Waals surface area contributed by atoms with Crippen molar-refractivity contribution < 1.29 is 18.9 Å². The molecule has 2 saturated carbocycles. The number of thiophene rings is 1. The molecule has 9 heterocycles. The van der Waals surface area contributed by atoms with Crippen molar-refractivity contribution in [2.45, 2.75) is 84.1 Å². The van der Waals surface area contributed by atoms with Crippen LogP contribution in [0.2, 0.25) is 20.6 Å². The predicted octanol–water partition coefficient (Wildman–Crippen LogP) is 14.6. The van der Waals surface area contributed by atoms with E-state index in [0.717, 1.165) is 103 Å². The molecule has 0 aliphatic heterocycles. The lowest BCUT2D eigenvalue weighted by Crippen LogP contribution is -2.13. The maximum Gasteiger partial charge on any atom is 0.171 e. The van der Waals surface area contributed by atoms with E-state index < -0.39 is 0 Å². The summed E-state index contributed by atoms with van der Waals surface area (Å²) in [7, 11) is 10.6. The van der Waals surface area contributed by atoms with Gasteiger partial charge in [-0.2, -0.15) is 20.4 Å². The molecule has 15 rings (SSSR count). The molecule has 2 fully saturated rings. The van der Waals surface area contributed by atoms with E-state index in [1.807, 2.05) is 166 Å². The van der Waals surface area contributed by atoms with Gasteiger partial charge < -0.3 is 23.8 Å². The van der Waals surface area contributed by atoms with Gasteiger partial charge in [0.25, 0.3) is 0 Å². The fourth-order valence-corrected chi connectivity index (χ4v) is 12.2. The number of halogens is 4. The normalized spacial score (nSPS) is 14.3. The van der Waals surface area contributed by atoms with Crippen LogP contribution in [-0.4, -0.2) is 126 Å². The maximum absolute atomic E-state index is 6.34. The van der Waals surface area contributed by atoms with Gasteiger partial charge in [0.15, 0.2) is 26.4 Å². The molecule has 26 heteroatoms. The molecule has 0 amide bonds. The third kappa shape index (κ3) is 15.8. The van der Waals surface area contributed by atoms with Gasteiger partial charge in [0.1, 0.15) is 84.6 Å². The molecule has 9 aromatic heterocycles. The van der Waals surface area contributed by atoms with E-state index in [-0.39, 0.29) is 0 Å². The summed E-state index contributed by atoms with van der Waals surface area (Å²) in [6.07, 6.45) is 12.4. The van der Waals surface area contributed by atoms with Crippen LogP contribution in [0.1, 0.15) is 89.0 Å². The van der Waals surface area contributed by atoms with Gasteiger partial charge in [-0.05, 0) is 129 Å². The van der Waals surface area contributed by atoms with Gasteiger partial charge in [0.2, 0.25) is 0 Å². The van der Waals surface area contributed by atoms with Crippen LogP contribution in [0.4, 0.5) is 0 Å². The third-order valence-electron chi connectivity index (χ3n) is 15.9. The highest BCUT2D eigenvalue weighted by atomic mass is 35.5. The van der Waals surface area contributed by atoms with Crippen LogP contribution in [-0.2, 0) is 32.7 Å². The molecule has 21 nitrogen and oxygen atoms in total. The second-order valence-electron chi connectivity index (χ2n) is 23.2. The number of fused-ring (bicyclic) bond motifs is 4. The van der Waals surface area contributed by atoms with Crippen LogP contribution in [0.15, 0.2) is 134 Å². The molecule has 0 spiro atoms. The first-order valence-electron chi connectivity index (χ1n) is 30.4. The molecular formula is C68H67Cl4N17O4S. The summed E-state index contributed by atoms with van der Waals surface area (Å²) in [6.45, 7) is 7.49. The van der Waals surface area contributed by atoms with Gasteiger partial charge in [-0.25, -0.2) is 39.9 Å². The van der Waals surface area contributed by atoms with Gasteiger partial charge >= 0.3 is 0 Å². The van der Waals surface area contributed by atoms with Crippen molar-refractivity contribution in [2.75, 3.05) is 42.5 Å². The third-order valence-corrected chi connectivity index (χ3v) is 17.9. The summed E-state index contributed by atoms with van der Waals surface area (Å²) in [5.41, 5.74) is 10.2. The second kappa shape index (κ2) is 29.2. The number of ether oxygens (including phenoxy) is 4.